The van der Waals surface area contributed by atoms with Gasteiger partial charge in [0, 0.05) is 31.0 Å². The van der Waals surface area contributed by atoms with Gasteiger partial charge in [0.25, 0.3) is 5.91 Å². The van der Waals surface area contributed by atoms with Crippen LogP contribution in [0.3, 0.4) is 0 Å². The summed E-state index contributed by atoms with van der Waals surface area (Å²) in [5.41, 5.74) is 0.480. The van der Waals surface area contributed by atoms with Crippen LogP contribution in [0, 0.1) is 0 Å². The Labute approximate surface area is 128 Å². The van der Waals surface area contributed by atoms with Gasteiger partial charge in [0.15, 0.2) is 0 Å². The number of nitrogens with zero attached hydrogens (tertiary/aromatic N) is 2. The Morgan fingerprint density at radius 1 is 1.32 bits per heavy atom. The monoisotopic (exact) mass is 320 g/mol. The highest BCUT2D eigenvalue weighted by atomic mass is 32.2. The normalized spacial score (nSPS) is 15.6. The number of benzene rings is 1. The maximum absolute atomic E-state index is 12.3. The molecule has 2 N–H and O–H groups in total. The van der Waals surface area contributed by atoms with E-state index in [1.165, 1.54) is 31.3 Å². The summed E-state index contributed by atoms with van der Waals surface area (Å²) in [6.45, 7) is 1.23. The van der Waals surface area contributed by atoms with Crippen LogP contribution in [0.1, 0.15) is 22.1 Å². The van der Waals surface area contributed by atoms with Gasteiger partial charge in [0.1, 0.15) is 5.82 Å². The Hall–Kier alpha value is -2.19. The van der Waals surface area contributed by atoms with Crippen LogP contribution >= 0.6 is 0 Å². The van der Waals surface area contributed by atoms with E-state index >= 15 is 0 Å². The number of sulfonamides is 1. The van der Waals surface area contributed by atoms with Gasteiger partial charge >= 0.3 is 0 Å². The molecule has 0 spiro atoms. The van der Waals surface area contributed by atoms with Gasteiger partial charge in [-0.3, -0.25) is 4.79 Å². The van der Waals surface area contributed by atoms with E-state index in [1.807, 2.05) is 0 Å². The van der Waals surface area contributed by atoms with Crippen molar-refractivity contribution < 1.29 is 13.2 Å². The first-order chi connectivity index (χ1) is 10.5. The van der Waals surface area contributed by atoms with Gasteiger partial charge in [-0.05, 0) is 31.3 Å². The Bertz CT molecular complexity index is 763. The highest BCUT2D eigenvalue weighted by molar-refractivity contribution is 7.89. The van der Waals surface area contributed by atoms with Gasteiger partial charge in [-0.25, -0.2) is 18.1 Å². The van der Waals surface area contributed by atoms with Crippen molar-refractivity contribution >= 4 is 15.9 Å². The van der Waals surface area contributed by atoms with Crippen LogP contribution in [0.15, 0.2) is 41.6 Å². The lowest BCUT2D eigenvalue weighted by molar-refractivity contribution is 0.0595. The zero-order valence-corrected chi connectivity index (χ0v) is 12.8. The van der Waals surface area contributed by atoms with Crippen molar-refractivity contribution in [3.8, 4) is 0 Å². The van der Waals surface area contributed by atoms with E-state index in [1.54, 1.807) is 17.3 Å². The smallest absolute Gasteiger partial charge is 0.253 e. The minimum Gasteiger partial charge on any atom is -0.348 e. The van der Waals surface area contributed by atoms with E-state index in [-0.39, 0.29) is 16.7 Å². The predicted molar refractivity (Wildman–Crippen MR) is 79.9 cm³/mol. The van der Waals surface area contributed by atoms with E-state index in [4.69, 9.17) is 0 Å². The molecule has 0 radical (unpaired) electrons. The highest BCUT2D eigenvalue weighted by Gasteiger charge is 2.33. The van der Waals surface area contributed by atoms with E-state index < -0.39 is 10.0 Å². The molecule has 0 bridgehead atoms. The van der Waals surface area contributed by atoms with Gasteiger partial charge in [-0.2, -0.15) is 0 Å². The van der Waals surface area contributed by atoms with Gasteiger partial charge in [0.05, 0.1) is 10.8 Å². The lowest BCUT2D eigenvalue weighted by Crippen LogP contribution is -2.48. The number of rotatable bonds is 4. The van der Waals surface area contributed by atoms with Crippen molar-refractivity contribution in [3.05, 3.63) is 48.0 Å². The molecule has 1 aliphatic heterocycles. The van der Waals surface area contributed by atoms with E-state index in [0.717, 1.165) is 5.82 Å². The molecule has 0 unspecified atom stereocenters. The molecular weight excluding hydrogens is 304 g/mol. The Morgan fingerprint density at radius 3 is 2.55 bits per heavy atom. The fourth-order valence-corrected chi connectivity index (χ4v) is 3.13. The molecule has 7 nitrogen and oxygen atoms in total. The number of carbonyl (C=O) groups is 1. The first kappa shape index (κ1) is 14.7. The van der Waals surface area contributed by atoms with Crippen molar-refractivity contribution in [2.24, 2.45) is 0 Å². The zero-order valence-electron chi connectivity index (χ0n) is 12.0. The molecule has 2 aromatic rings. The minimum atomic E-state index is -3.48. The van der Waals surface area contributed by atoms with Gasteiger partial charge in [-0.1, -0.05) is 0 Å². The molecule has 0 aliphatic carbocycles. The number of carbonyl (C=O) groups excluding carboxylic acids is 1. The largest absolute Gasteiger partial charge is 0.348 e. The number of aromatic amines is 1. The summed E-state index contributed by atoms with van der Waals surface area (Å²) in [5, 5.41) is 0. The summed E-state index contributed by atoms with van der Waals surface area (Å²) in [5.74, 6) is 1.03. The lowest BCUT2D eigenvalue weighted by Gasteiger charge is -2.38. The number of hydrogen-bond donors (Lipinski definition) is 2. The lowest BCUT2D eigenvalue weighted by atomic mass is 9.98. The fourth-order valence-electron chi connectivity index (χ4n) is 2.40. The number of H-pyrrole nitrogens is 1. The number of likely N-dealkylation sites (tertiary alicyclic amines) is 1. The first-order valence-electron chi connectivity index (χ1n) is 6.83. The maximum atomic E-state index is 12.3. The Balaban J connectivity index is 1.67. The van der Waals surface area contributed by atoms with Gasteiger partial charge in [0.2, 0.25) is 10.0 Å². The van der Waals surface area contributed by atoms with Crippen molar-refractivity contribution in [1.29, 1.82) is 0 Å². The van der Waals surface area contributed by atoms with Gasteiger partial charge < -0.3 is 9.88 Å². The van der Waals surface area contributed by atoms with Gasteiger partial charge in [-0.15, -0.1) is 0 Å². The van der Waals surface area contributed by atoms with E-state index in [9.17, 15) is 13.2 Å². The van der Waals surface area contributed by atoms with Crippen molar-refractivity contribution in [3.63, 3.8) is 0 Å². The third kappa shape index (κ3) is 2.62. The number of nitrogens with one attached hydrogen (secondary N) is 2. The molecule has 0 saturated carbocycles. The van der Waals surface area contributed by atoms with Crippen LogP contribution in [0.4, 0.5) is 0 Å². The van der Waals surface area contributed by atoms with Crippen LogP contribution in [-0.2, 0) is 10.0 Å². The second kappa shape index (κ2) is 5.54. The van der Waals surface area contributed by atoms with Crippen LogP contribution in [0.2, 0.25) is 0 Å². The summed E-state index contributed by atoms with van der Waals surface area (Å²) in [6.07, 6.45) is 3.46. The fraction of sp³-hybridized carbons (Fsp3) is 0.286. The molecule has 1 aliphatic rings. The summed E-state index contributed by atoms with van der Waals surface area (Å²) in [7, 11) is -2.13. The van der Waals surface area contributed by atoms with Crippen LogP contribution in [0.25, 0.3) is 0 Å². The Kier molecular flexibility index (Phi) is 3.71. The molecule has 8 heteroatoms. The molecular formula is C14H16N4O3S. The number of hydrogen-bond acceptors (Lipinski definition) is 4. The maximum Gasteiger partial charge on any atom is 0.253 e. The zero-order chi connectivity index (χ0) is 15.7. The number of imidazole rings is 1. The van der Waals surface area contributed by atoms with Crippen LogP contribution in [-0.4, -0.2) is 49.3 Å². The standard InChI is InChI=1S/C14H16N4O3S/c1-15-22(20,21)12-4-2-10(3-5-12)14(19)18-8-11(9-18)13-16-6-7-17-13/h2-7,11,15H,8-9H2,1H3,(H,16,17). The topological polar surface area (TPSA) is 95.2 Å². The summed E-state index contributed by atoms with van der Waals surface area (Å²) in [4.78, 5) is 21.4. The first-order valence-corrected chi connectivity index (χ1v) is 8.32. The highest BCUT2D eigenvalue weighted by Crippen LogP contribution is 2.26. The number of aromatic nitrogens is 2. The third-order valence-electron chi connectivity index (χ3n) is 3.76. The average Bonchev–Trinajstić information content (AvgIpc) is 2.99. The predicted octanol–water partition coefficient (Wildman–Crippen LogP) is 0.557. The SMILES string of the molecule is CNS(=O)(=O)c1ccc(C(=O)N2CC(c3ncc[nH]3)C2)cc1. The summed E-state index contributed by atoms with van der Waals surface area (Å²) < 4.78 is 25.5. The van der Waals surface area contributed by atoms with Crippen molar-refractivity contribution in [1.82, 2.24) is 19.6 Å². The third-order valence-corrected chi connectivity index (χ3v) is 5.19. The molecule has 0 atom stereocenters. The molecule has 3 rings (SSSR count). The molecule has 22 heavy (non-hydrogen) atoms. The molecule has 1 fully saturated rings. The molecule has 1 aromatic carbocycles. The Morgan fingerprint density at radius 2 is 2.00 bits per heavy atom. The summed E-state index contributed by atoms with van der Waals surface area (Å²) >= 11 is 0. The second-order valence-electron chi connectivity index (χ2n) is 5.11. The van der Waals surface area contributed by atoms with E-state index in [0.29, 0.717) is 18.7 Å². The number of amides is 1. The van der Waals surface area contributed by atoms with E-state index in [2.05, 4.69) is 14.7 Å². The average molecular weight is 320 g/mol. The van der Waals surface area contributed by atoms with Crippen LogP contribution in [0.5, 0.6) is 0 Å². The molecule has 1 amide bonds. The van der Waals surface area contributed by atoms with Crippen LogP contribution < -0.4 is 4.72 Å². The molecule has 2 heterocycles. The quantitative estimate of drug-likeness (QED) is 0.860. The molecule has 116 valence electrons. The molecule has 1 aromatic heterocycles. The second-order valence-corrected chi connectivity index (χ2v) is 7.00. The molecule has 1 saturated heterocycles. The summed E-state index contributed by atoms with van der Waals surface area (Å²) in [6, 6.07) is 5.94. The minimum absolute atomic E-state index is 0.101. The van der Waals surface area contributed by atoms with Crippen molar-refractivity contribution in [2.45, 2.75) is 10.8 Å². The van der Waals surface area contributed by atoms with Crippen molar-refractivity contribution in [2.75, 3.05) is 20.1 Å².